The Morgan fingerprint density at radius 3 is 2.64 bits per heavy atom. The molecule has 0 spiro atoms. The van der Waals surface area contributed by atoms with Crippen LogP contribution in [0.25, 0.3) is 0 Å². The van der Waals surface area contributed by atoms with Crippen molar-refractivity contribution in [3.8, 4) is 0 Å². The summed E-state index contributed by atoms with van der Waals surface area (Å²) in [7, 11) is 1.94. The van der Waals surface area contributed by atoms with Crippen molar-refractivity contribution in [1.29, 1.82) is 0 Å². The monoisotopic (exact) mass is 190 g/mol. The lowest BCUT2D eigenvalue weighted by Crippen LogP contribution is -2.38. The van der Waals surface area contributed by atoms with Gasteiger partial charge < -0.3 is 15.3 Å². The zero-order valence-electron chi connectivity index (χ0n) is 8.09. The Balaban J connectivity index is 2.13. The zero-order valence-corrected chi connectivity index (χ0v) is 8.09. The smallest absolute Gasteiger partial charge is 0.129 e. The van der Waals surface area contributed by atoms with Gasteiger partial charge in [0.2, 0.25) is 0 Å². The number of likely N-dealkylation sites (N-methyl/N-ethyl adjacent to an activating group) is 1. The molecule has 0 fully saturated rings. The molecule has 0 aromatic heterocycles. The summed E-state index contributed by atoms with van der Waals surface area (Å²) in [6.45, 7) is 0. The lowest BCUT2D eigenvalue weighted by Gasteiger charge is -2.26. The second kappa shape index (κ2) is 3.72. The van der Waals surface area contributed by atoms with Crippen molar-refractivity contribution in [3.05, 3.63) is 48.3 Å². The van der Waals surface area contributed by atoms with E-state index in [2.05, 4.69) is 5.32 Å². The molecule has 2 atom stereocenters. The first kappa shape index (κ1) is 9.09. The van der Waals surface area contributed by atoms with Crippen molar-refractivity contribution >= 4 is 0 Å². The molecule has 0 saturated carbocycles. The SMILES string of the molecule is CN1C=CNC1[C@H](O)c1ccccc1. The number of benzene rings is 1. The topological polar surface area (TPSA) is 35.5 Å². The van der Waals surface area contributed by atoms with Gasteiger partial charge in [-0.2, -0.15) is 0 Å². The third-order valence-corrected chi connectivity index (χ3v) is 2.46. The van der Waals surface area contributed by atoms with Crippen LogP contribution in [-0.4, -0.2) is 23.2 Å². The van der Waals surface area contributed by atoms with Gasteiger partial charge in [0.25, 0.3) is 0 Å². The molecule has 0 saturated heterocycles. The molecule has 0 aliphatic carbocycles. The molecule has 0 radical (unpaired) electrons. The van der Waals surface area contributed by atoms with E-state index in [9.17, 15) is 5.11 Å². The Bertz CT molecular complexity index is 323. The van der Waals surface area contributed by atoms with Crippen LogP contribution in [0.2, 0.25) is 0 Å². The highest BCUT2D eigenvalue weighted by Crippen LogP contribution is 2.20. The van der Waals surface area contributed by atoms with E-state index in [4.69, 9.17) is 0 Å². The molecular formula is C11H14N2O. The molecule has 2 rings (SSSR count). The molecule has 74 valence electrons. The molecule has 1 aliphatic heterocycles. The quantitative estimate of drug-likeness (QED) is 0.731. The minimum absolute atomic E-state index is 0.0580. The molecule has 0 bridgehead atoms. The van der Waals surface area contributed by atoms with Crippen LogP contribution in [0, 0.1) is 0 Å². The van der Waals surface area contributed by atoms with Crippen LogP contribution in [0.15, 0.2) is 42.7 Å². The average Bonchev–Trinajstić information content (AvgIpc) is 2.65. The first-order chi connectivity index (χ1) is 6.79. The van der Waals surface area contributed by atoms with Crippen LogP contribution < -0.4 is 5.32 Å². The maximum absolute atomic E-state index is 10.0. The third kappa shape index (κ3) is 1.59. The molecule has 1 aliphatic rings. The summed E-state index contributed by atoms with van der Waals surface area (Å²) < 4.78 is 0. The predicted molar refractivity (Wildman–Crippen MR) is 55.2 cm³/mol. The van der Waals surface area contributed by atoms with E-state index in [0.717, 1.165) is 5.56 Å². The summed E-state index contributed by atoms with van der Waals surface area (Å²) in [6.07, 6.45) is 3.20. The van der Waals surface area contributed by atoms with Gasteiger partial charge in [-0.15, -0.1) is 0 Å². The van der Waals surface area contributed by atoms with Gasteiger partial charge >= 0.3 is 0 Å². The van der Waals surface area contributed by atoms with E-state index >= 15 is 0 Å². The van der Waals surface area contributed by atoms with Crippen molar-refractivity contribution < 1.29 is 5.11 Å². The fourth-order valence-electron chi connectivity index (χ4n) is 1.62. The summed E-state index contributed by atoms with van der Waals surface area (Å²) >= 11 is 0. The highest BCUT2D eigenvalue weighted by Gasteiger charge is 2.24. The summed E-state index contributed by atoms with van der Waals surface area (Å²) in [5.74, 6) is 0. The Kier molecular flexibility index (Phi) is 2.41. The van der Waals surface area contributed by atoms with Gasteiger partial charge in [-0.3, -0.25) is 0 Å². The van der Waals surface area contributed by atoms with Gasteiger partial charge in [0.05, 0.1) is 0 Å². The summed E-state index contributed by atoms with van der Waals surface area (Å²) in [5, 5.41) is 13.1. The molecule has 14 heavy (non-hydrogen) atoms. The van der Waals surface area contributed by atoms with Crippen LogP contribution in [0.1, 0.15) is 11.7 Å². The van der Waals surface area contributed by atoms with Gasteiger partial charge in [-0.25, -0.2) is 0 Å². The first-order valence-corrected chi connectivity index (χ1v) is 4.67. The average molecular weight is 190 g/mol. The molecule has 1 heterocycles. The van der Waals surface area contributed by atoms with Gasteiger partial charge in [-0.1, -0.05) is 30.3 Å². The minimum atomic E-state index is -0.504. The van der Waals surface area contributed by atoms with E-state index in [1.165, 1.54) is 0 Å². The molecule has 1 unspecified atom stereocenters. The van der Waals surface area contributed by atoms with Crippen molar-refractivity contribution in [2.24, 2.45) is 0 Å². The number of aliphatic hydroxyl groups is 1. The van der Waals surface area contributed by atoms with E-state index in [1.54, 1.807) is 0 Å². The molecule has 1 aromatic rings. The van der Waals surface area contributed by atoms with Crippen LogP contribution in [0.5, 0.6) is 0 Å². The Morgan fingerprint density at radius 1 is 1.36 bits per heavy atom. The van der Waals surface area contributed by atoms with Gasteiger partial charge in [0, 0.05) is 19.4 Å². The zero-order chi connectivity index (χ0) is 9.97. The Labute approximate surface area is 83.7 Å². The second-order valence-electron chi connectivity index (χ2n) is 3.45. The second-order valence-corrected chi connectivity index (χ2v) is 3.45. The highest BCUT2D eigenvalue weighted by molar-refractivity contribution is 5.19. The lowest BCUT2D eigenvalue weighted by atomic mass is 10.1. The van der Waals surface area contributed by atoms with Crippen LogP contribution in [0.4, 0.5) is 0 Å². The highest BCUT2D eigenvalue weighted by atomic mass is 16.3. The number of hydrogen-bond acceptors (Lipinski definition) is 3. The normalized spacial score (nSPS) is 22.1. The van der Waals surface area contributed by atoms with E-state index in [-0.39, 0.29) is 6.17 Å². The summed E-state index contributed by atoms with van der Waals surface area (Å²) in [4.78, 5) is 1.96. The van der Waals surface area contributed by atoms with Crippen LogP contribution >= 0.6 is 0 Å². The molecule has 1 aromatic carbocycles. The van der Waals surface area contributed by atoms with E-state index < -0.39 is 6.10 Å². The fourth-order valence-corrected chi connectivity index (χ4v) is 1.62. The van der Waals surface area contributed by atoms with Gasteiger partial charge in [-0.05, 0) is 5.56 Å². The summed E-state index contributed by atoms with van der Waals surface area (Å²) in [5.41, 5.74) is 0.931. The molecule has 2 N–H and O–H groups in total. The molecule has 3 heteroatoms. The van der Waals surface area contributed by atoms with Crippen molar-refractivity contribution in [2.75, 3.05) is 7.05 Å². The van der Waals surface area contributed by atoms with Crippen molar-refractivity contribution in [1.82, 2.24) is 10.2 Å². The number of hydrogen-bond donors (Lipinski definition) is 2. The van der Waals surface area contributed by atoms with Gasteiger partial charge in [0.15, 0.2) is 0 Å². The van der Waals surface area contributed by atoms with Crippen LogP contribution in [-0.2, 0) is 0 Å². The Morgan fingerprint density at radius 2 is 2.07 bits per heavy atom. The molecule has 0 amide bonds. The third-order valence-electron chi connectivity index (χ3n) is 2.46. The van der Waals surface area contributed by atoms with Crippen molar-refractivity contribution in [2.45, 2.75) is 12.3 Å². The minimum Gasteiger partial charge on any atom is -0.384 e. The lowest BCUT2D eigenvalue weighted by molar-refractivity contribution is 0.0829. The number of rotatable bonds is 2. The molecular weight excluding hydrogens is 176 g/mol. The standard InChI is InChI=1S/C11H14N2O/c1-13-8-7-12-11(13)10(14)9-5-3-2-4-6-9/h2-8,10-12,14H,1H3/t10-,11?/m1/s1. The van der Waals surface area contributed by atoms with Crippen molar-refractivity contribution in [3.63, 3.8) is 0 Å². The number of nitrogens with one attached hydrogen (secondary N) is 1. The van der Waals surface area contributed by atoms with E-state index in [0.29, 0.717) is 0 Å². The largest absolute Gasteiger partial charge is 0.384 e. The number of nitrogens with zero attached hydrogens (tertiary/aromatic N) is 1. The Hall–Kier alpha value is -1.48. The number of aliphatic hydroxyl groups excluding tert-OH is 1. The van der Waals surface area contributed by atoms with E-state index in [1.807, 2.05) is 54.7 Å². The maximum atomic E-state index is 10.0. The predicted octanol–water partition coefficient (Wildman–Crippen LogP) is 1.05. The van der Waals surface area contributed by atoms with Crippen LogP contribution in [0.3, 0.4) is 0 Å². The molecule has 3 nitrogen and oxygen atoms in total. The van der Waals surface area contributed by atoms with Gasteiger partial charge in [0.1, 0.15) is 12.3 Å². The maximum Gasteiger partial charge on any atom is 0.129 e. The summed E-state index contributed by atoms with van der Waals surface area (Å²) in [6, 6.07) is 9.67. The fraction of sp³-hybridized carbons (Fsp3) is 0.273. The first-order valence-electron chi connectivity index (χ1n) is 4.67.